The van der Waals surface area contributed by atoms with E-state index >= 15 is 0 Å². The summed E-state index contributed by atoms with van der Waals surface area (Å²) in [5.41, 5.74) is 5.98. The third-order valence-corrected chi connectivity index (χ3v) is 4.99. The van der Waals surface area contributed by atoms with Crippen LogP contribution in [0, 0.1) is 0 Å². The largest absolute Gasteiger partial charge is 0.392 e. The van der Waals surface area contributed by atoms with Crippen molar-refractivity contribution in [2.45, 2.75) is 39.5 Å². The highest BCUT2D eigenvalue weighted by molar-refractivity contribution is 5.54. The minimum absolute atomic E-state index is 0.120. The molecule has 0 spiro atoms. The van der Waals surface area contributed by atoms with Gasteiger partial charge in [0.1, 0.15) is 20.0 Å². The van der Waals surface area contributed by atoms with Crippen molar-refractivity contribution in [2.75, 3.05) is 26.4 Å². The van der Waals surface area contributed by atoms with Crippen LogP contribution in [0.25, 0.3) is 0 Å². The van der Waals surface area contributed by atoms with Gasteiger partial charge in [0, 0.05) is 0 Å². The highest BCUT2D eigenvalue weighted by atomic mass is 17.2. The number of carbonyl (C=O) groups is 1. The SMILES string of the molecule is C=C(CO)COOC/C(=C\C=C/C)C(=C)/C=C(/CCCCC)C(=C)C(=C)/C=C\C(=C)C(=C)CO.C=O. The molecule has 0 aromatic rings. The molecule has 0 aliphatic carbocycles. The predicted molar refractivity (Wildman–Crippen MR) is 152 cm³/mol. The summed E-state index contributed by atoms with van der Waals surface area (Å²) in [7, 11) is 0. The Bertz CT molecular complexity index is 881. The summed E-state index contributed by atoms with van der Waals surface area (Å²) < 4.78 is 0. The van der Waals surface area contributed by atoms with E-state index < -0.39 is 0 Å². The van der Waals surface area contributed by atoms with E-state index in [1.54, 1.807) is 6.08 Å². The number of aliphatic hydroxyl groups is 2. The van der Waals surface area contributed by atoms with Gasteiger partial charge in [-0.3, -0.25) is 0 Å². The summed E-state index contributed by atoms with van der Waals surface area (Å²) >= 11 is 0. The topological polar surface area (TPSA) is 76.0 Å². The number of hydrogen-bond donors (Lipinski definition) is 2. The first-order valence-corrected chi connectivity index (χ1v) is 11.8. The van der Waals surface area contributed by atoms with Crippen LogP contribution in [0.15, 0.2) is 121 Å². The Hall–Kier alpha value is -3.09. The summed E-state index contributed by atoms with van der Waals surface area (Å²) in [6.07, 6.45) is 15.5. The molecule has 0 aromatic heterocycles. The Morgan fingerprint density at radius 3 is 1.97 bits per heavy atom. The third kappa shape index (κ3) is 15.7. The number of unbranched alkanes of at least 4 members (excludes halogenated alkanes) is 2. The van der Waals surface area contributed by atoms with Crippen molar-refractivity contribution < 1.29 is 24.8 Å². The van der Waals surface area contributed by atoms with Crippen LogP contribution in [0.2, 0.25) is 0 Å². The summed E-state index contributed by atoms with van der Waals surface area (Å²) in [6, 6.07) is 0. The maximum absolute atomic E-state index is 9.22. The number of rotatable bonds is 19. The molecule has 0 aromatic carbocycles. The molecule has 0 heterocycles. The lowest BCUT2D eigenvalue weighted by atomic mass is 9.92. The van der Waals surface area contributed by atoms with Crippen LogP contribution in [0.5, 0.6) is 0 Å². The Balaban J connectivity index is 0. The van der Waals surface area contributed by atoms with E-state index in [-0.39, 0.29) is 26.4 Å². The molecule has 0 aliphatic rings. The Labute approximate surface area is 218 Å². The molecule has 0 amide bonds. The lowest BCUT2D eigenvalue weighted by Crippen LogP contribution is -2.05. The molecular weight excluding hydrogens is 452 g/mol. The summed E-state index contributed by atoms with van der Waals surface area (Å²) in [5.74, 6) is 0. The minimum Gasteiger partial charge on any atom is -0.392 e. The first-order valence-electron chi connectivity index (χ1n) is 11.8. The van der Waals surface area contributed by atoms with Gasteiger partial charge in [-0.25, -0.2) is 9.78 Å². The monoisotopic (exact) mass is 496 g/mol. The van der Waals surface area contributed by atoms with Crippen LogP contribution in [0.3, 0.4) is 0 Å². The molecule has 0 bridgehead atoms. The number of carbonyl (C=O) groups excluding carboxylic acids is 1. The standard InChI is InChI=1S/C30H42O4.CH2O/c1-9-11-13-15-29(28(8)25(5)17-16-24(4)27(7)20-32)18-26(6)30(14-12-10-2)22-34-33-21-23(3)19-31;1-2/h10,12,14,16-18,31-32H,3-9,11,13,15,19-22H2,1-2H3;1H2/b12-10-,17-16-,29-18-,30-14+;. The molecule has 0 unspecified atom stereocenters. The fourth-order valence-corrected chi connectivity index (χ4v) is 2.64. The van der Waals surface area contributed by atoms with Crippen LogP contribution < -0.4 is 0 Å². The maximum atomic E-state index is 9.22. The lowest BCUT2D eigenvalue weighted by Gasteiger charge is -2.15. The fraction of sp³-hybridized carbons (Fsp3) is 0.323. The van der Waals surface area contributed by atoms with Crippen molar-refractivity contribution in [2.24, 2.45) is 0 Å². The van der Waals surface area contributed by atoms with Crippen LogP contribution in [0.4, 0.5) is 0 Å². The molecule has 0 atom stereocenters. The molecule has 198 valence electrons. The summed E-state index contributed by atoms with van der Waals surface area (Å²) in [6.45, 7) is 30.2. The van der Waals surface area contributed by atoms with Gasteiger partial charge < -0.3 is 15.0 Å². The average molecular weight is 497 g/mol. The van der Waals surface area contributed by atoms with Crippen molar-refractivity contribution in [3.05, 3.63) is 121 Å². The van der Waals surface area contributed by atoms with Crippen LogP contribution in [-0.4, -0.2) is 43.4 Å². The van der Waals surface area contributed by atoms with Gasteiger partial charge in [0.2, 0.25) is 0 Å². The van der Waals surface area contributed by atoms with Crippen molar-refractivity contribution >= 4 is 6.79 Å². The van der Waals surface area contributed by atoms with Gasteiger partial charge in [0.25, 0.3) is 0 Å². The van der Waals surface area contributed by atoms with Crippen LogP contribution >= 0.6 is 0 Å². The second-order valence-corrected chi connectivity index (χ2v) is 7.93. The molecule has 0 rings (SSSR count). The van der Waals surface area contributed by atoms with E-state index in [4.69, 9.17) is 19.7 Å². The number of allylic oxidation sites excluding steroid dienone is 9. The molecule has 5 nitrogen and oxygen atoms in total. The quantitative estimate of drug-likeness (QED) is 0.0689. The van der Waals surface area contributed by atoms with Crippen molar-refractivity contribution in [3.63, 3.8) is 0 Å². The van der Waals surface area contributed by atoms with Gasteiger partial charge >= 0.3 is 0 Å². The molecular formula is C31H44O5. The van der Waals surface area contributed by atoms with E-state index in [0.29, 0.717) is 16.7 Å². The molecule has 36 heavy (non-hydrogen) atoms. The minimum atomic E-state index is -0.150. The van der Waals surface area contributed by atoms with Gasteiger partial charge in [-0.2, -0.15) is 0 Å². The molecule has 0 fully saturated rings. The fourth-order valence-electron chi connectivity index (χ4n) is 2.64. The first-order chi connectivity index (χ1) is 17.2. The number of hydrogen-bond acceptors (Lipinski definition) is 5. The molecule has 5 heteroatoms. The van der Waals surface area contributed by atoms with Crippen molar-refractivity contribution in [1.29, 1.82) is 0 Å². The molecule has 2 N–H and O–H groups in total. The first kappa shape index (κ1) is 35.1. The van der Waals surface area contributed by atoms with Crippen LogP contribution in [0.1, 0.15) is 39.5 Å². The van der Waals surface area contributed by atoms with Gasteiger partial charge in [-0.15, -0.1) is 0 Å². The maximum Gasteiger partial charge on any atom is 0.108 e. The lowest BCUT2D eigenvalue weighted by molar-refractivity contribution is -0.281. The Kier molecular flexibility index (Phi) is 21.8. The van der Waals surface area contributed by atoms with Gasteiger partial charge in [0.05, 0.1) is 13.2 Å². The normalized spacial score (nSPS) is 11.8. The van der Waals surface area contributed by atoms with Gasteiger partial charge in [-0.1, -0.05) is 95.7 Å². The average Bonchev–Trinajstić information content (AvgIpc) is 2.90. The molecule has 0 saturated heterocycles. The zero-order chi connectivity index (χ0) is 27.9. The predicted octanol–water partition coefficient (Wildman–Crippen LogP) is 6.64. The smallest absolute Gasteiger partial charge is 0.108 e. The third-order valence-electron chi connectivity index (χ3n) is 4.99. The van der Waals surface area contributed by atoms with E-state index in [1.165, 1.54) is 0 Å². The van der Waals surface area contributed by atoms with E-state index in [0.717, 1.165) is 53.5 Å². The Morgan fingerprint density at radius 2 is 1.42 bits per heavy atom. The molecule has 0 saturated carbocycles. The van der Waals surface area contributed by atoms with Crippen molar-refractivity contribution in [1.82, 2.24) is 0 Å². The van der Waals surface area contributed by atoms with Crippen molar-refractivity contribution in [3.8, 4) is 0 Å². The van der Waals surface area contributed by atoms with E-state index in [2.05, 4.69) is 46.4 Å². The molecule has 0 radical (unpaired) electrons. The zero-order valence-electron chi connectivity index (χ0n) is 22.2. The highest BCUT2D eigenvalue weighted by Gasteiger charge is 2.09. The highest BCUT2D eigenvalue weighted by Crippen LogP contribution is 2.26. The summed E-state index contributed by atoms with van der Waals surface area (Å²) in [4.78, 5) is 18.5. The second-order valence-electron chi connectivity index (χ2n) is 7.93. The zero-order valence-corrected chi connectivity index (χ0v) is 22.2. The second kappa shape index (κ2) is 22.4. The summed E-state index contributed by atoms with van der Waals surface area (Å²) in [5, 5.41) is 18.2. The van der Waals surface area contributed by atoms with E-state index in [1.807, 2.05) is 44.1 Å². The Morgan fingerprint density at radius 1 is 0.806 bits per heavy atom. The molecule has 0 aliphatic heterocycles. The van der Waals surface area contributed by atoms with Gasteiger partial charge in [-0.05, 0) is 64.4 Å². The van der Waals surface area contributed by atoms with Crippen LogP contribution in [-0.2, 0) is 14.6 Å². The number of aliphatic hydroxyl groups excluding tert-OH is 2. The van der Waals surface area contributed by atoms with Gasteiger partial charge in [0.15, 0.2) is 0 Å². The van der Waals surface area contributed by atoms with E-state index in [9.17, 15) is 5.11 Å².